The topological polar surface area (TPSA) is 34.0 Å². The number of carbonyl (C=O) groups is 1. The van der Waals surface area contributed by atoms with Crippen LogP contribution >= 0.6 is 11.3 Å². The zero-order valence-corrected chi connectivity index (χ0v) is 14.7. The molecule has 120 valence electrons. The smallest absolute Gasteiger partial charge is 0.268 e. The maximum absolute atomic E-state index is 12.6. The highest BCUT2D eigenvalue weighted by Gasteiger charge is 2.18. The van der Waals surface area contributed by atoms with E-state index in [1.165, 1.54) is 15.8 Å². The summed E-state index contributed by atoms with van der Waals surface area (Å²) in [5.41, 5.74) is 4.24. The maximum atomic E-state index is 12.6. The summed E-state index contributed by atoms with van der Waals surface area (Å²) in [7, 11) is 1.97. The average Bonchev–Trinajstić information content (AvgIpc) is 3.15. The van der Waals surface area contributed by atoms with Gasteiger partial charge in [0, 0.05) is 29.4 Å². The van der Waals surface area contributed by atoms with Gasteiger partial charge in [-0.1, -0.05) is 19.1 Å². The predicted molar refractivity (Wildman–Crippen MR) is 97.4 cm³/mol. The van der Waals surface area contributed by atoms with Gasteiger partial charge < -0.3 is 9.88 Å². The molecule has 23 heavy (non-hydrogen) atoms. The molecule has 0 unspecified atom stereocenters. The molecular formula is C19H22N2OS. The zero-order chi connectivity index (χ0) is 16.4. The molecule has 0 radical (unpaired) electrons. The molecule has 1 amide bonds. The Morgan fingerprint density at radius 2 is 2.13 bits per heavy atom. The summed E-state index contributed by atoms with van der Waals surface area (Å²) in [5, 5.41) is 6.30. The van der Waals surface area contributed by atoms with E-state index in [0.29, 0.717) is 6.54 Å². The second-order valence-electron chi connectivity index (χ2n) is 5.82. The first-order chi connectivity index (χ1) is 11.1. The second kappa shape index (κ2) is 6.59. The van der Waals surface area contributed by atoms with Gasteiger partial charge in [-0.2, -0.15) is 0 Å². The van der Waals surface area contributed by atoms with Gasteiger partial charge in [0.25, 0.3) is 5.91 Å². The minimum Gasteiger partial charge on any atom is -0.350 e. The molecule has 0 saturated carbocycles. The van der Waals surface area contributed by atoms with E-state index < -0.39 is 0 Å². The van der Waals surface area contributed by atoms with Crippen molar-refractivity contribution in [2.75, 3.05) is 6.54 Å². The number of benzene rings is 1. The Labute approximate surface area is 140 Å². The lowest BCUT2D eigenvalue weighted by atomic mass is 10.1. The van der Waals surface area contributed by atoms with Crippen LogP contribution in [-0.2, 0) is 19.9 Å². The number of nitrogens with one attached hydrogen (secondary N) is 1. The Hall–Kier alpha value is -2.07. The maximum Gasteiger partial charge on any atom is 0.268 e. The summed E-state index contributed by atoms with van der Waals surface area (Å²) < 4.78 is 2.00. The molecule has 0 aliphatic rings. The molecule has 0 bridgehead atoms. The van der Waals surface area contributed by atoms with Crippen molar-refractivity contribution in [1.82, 2.24) is 9.88 Å². The fourth-order valence-electron chi connectivity index (χ4n) is 3.06. The van der Waals surface area contributed by atoms with Crippen LogP contribution in [0.4, 0.5) is 0 Å². The van der Waals surface area contributed by atoms with Crippen LogP contribution in [0.15, 0.2) is 35.7 Å². The molecule has 2 aromatic heterocycles. The summed E-state index contributed by atoms with van der Waals surface area (Å²) in [6.07, 6.45) is 1.89. The number of aryl methyl sites for hydroxylation is 3. The first-order valence-corrected chi connectivity index (χ1v) is 8.88. The van der Waals surface area contributed by atoms with Gasteiger partial charge >= 0.3 is 0 Å². The van der Waals surface area contributed by atoms with Crippen LogP contribution in [-0.4, -0.2) is 17.0 Å². The van der Waals surface area contributed by atoms with E-state index in [9.17, 15) is 4.79 Å². The third kappa shape index (κ3) is 3.04. The molecule has 0 aliphatic heterocycles. The van der Waals surface area contributed by atoms with Crippen molar-refractivity contribution in [1.29, 1.82) is 0 Å². The Morgan fingerprint density at radius 3 is 2.83 bits per heavy atom. The molecule has 3 rings (SSSR count). The number of fused-ring (bicyclic) bond motifs is 1. The number of nitrogens with zero attached hydrogens (tertiary/aromatic N) is 1. The fourth-order valence-corrected chi connectivity index (χ4v) is 3.76. The standard InChI is InChI=1S/C19H22N2OS/c1-4-14-7-8-17-16(12-14)13(2)18(21(17)3)19(22)20-10-9-15-6-5-11-23-15/h5-8,11-12H,4,9-10H2,1-3H3,(H,20,22). The van der Waals surface area contributed by atoms with Gasteiger partial charge in [-0.15, -0.1) is 11.3 Å². The van der Waals surface area contributed by atoms with Crippen LogP contribution in [0.3, 0.4) is 0 Å². The second-order valence-corrected chi connectivity index (χ2v) is 6.86. The van der Waals surface area contributed by atoms with E-state index in [1.807, 2.05) is 24.6 Å². The third-order valence-electron chi connectivity index (χ3n) is 4.38. The molecule has 0 spiro atoms. The summed E-state index contributed by atoms with van der Waals surface area (Å²) >= 11 is 1.73. The lowest BCUT2D eigenvalue weighted by Gasteiger charge is -2.07. The van der Waals surface area contributed by atoms with E-state index in [-0.39, 0.29) is 5.91 Å². The van der Waals surface area contributed by atoms with Gasteiger partial charge in [-0.3, -0.25) is 4.79 Å². The van der Waals surface area contributed by atoms with Crippen LogP contribution in [0.2, 0.25) is 0 Å². The summed E-state index contributed by atoms with van der Waals surface area (Å²) in [6, 6.07) is 10.6. The van der Waals surface area contributed by atoms with Crippen LogP contribution in [0.25, 0.3) is 10.9 Å². The minimum atomic E-state index is 0.0100. The van der Waals surface area contributed by atoms with Crippen molar-refractivity contribution < 1.29 is 4.79 Å². The van der Waals surface area contributed by atoms with Crippen molar-refractivity contribution in [3.05, 3.63) is 57.4 Å². The SMILES string of the molecule is CCc1ccc2c(c1)c(C)c(C(=O)NCCc1cccs1)n2C. The first kappa shape index (κ1) is 15.8. The van der Waals surface area contributed by atoms with Gasteiger partial charge in [0.1, 0.15) is 5.69 Å². The van der Waals surface area contributed by atoms with Crippen LogP contribution in [0.5, 0.6) is 0 Å². The lowest BCUT2D eigenvalue weighted by molar-refractivity contribution is 0.0946. The summed E-state index contributed by atoms with van der Waals surface area (Å²) in [6.45, 7) is 4.86. The van der Waals surface area contributed by atoms with Crippen molar-refractivity contribution in [3.63, 3.8) is 0 Å². The molecule has 0 saturated heterocycles. The molecule has 4 heteroatoms. The summed E-state index contributed by atoms with van der Waals surface area (Å²) in [5.74, 6) is 0.0100. The number of hydrogen-bond acceptors (Lipinski definition) is 2. The van der Waals surface area contributed by atoms with Crippen LogP contribution < -0.4 is 5.32 Å². The third-order valence-corrected chi connectivity index (χ3v) is 5.31. The molecule has 0 fully saturated rings. The van der Waals surface area contributed by atoms with E-state index in [2.05, 4.69) is 41.9 Å². The van der Waals surface area contributed by atoms with Gasteiger partial charge in [-0.25, -0.2) is 0 Å². The Kier molecular flexibility index (Phi) is 4.53. The van der Waals surface area contributed by atoms with Gasteiger partial charge in [0.05, 0.1) is 0 Å². The number of thiophene rings is 1. The number of rotatable bonds is 5. The van der Waals surface area contributed by atoms with Crippen LogP contribution in [0.1, 0.15) is 33.4 Å². The molecule has 3 nitrogen and oxygen atoms in total. The number of hydrogen-bond donors (Lipinski definition) is 1. The number of carbonyl (C=O) groups excluding carboxylic acids is 1. The molecule has 1 N–H and O–H groups in total. The van der Waals surface area contributed by atoms with Crippen molar-refractivity contribution in [2.24, 2.45) is 7.05 Å². The highest BCUT2D eigenvalue weighted by atomic mass is 32.1. The molecule has 2 heterocycles. The highest BCUT2D eigenvalue weighted by Crippen LogP contribution is 2.26. The van der Waals surface area contributed by atoms with Crippen molar-refractivity contribution >= 4 is 28.1 Å². The van der Waals surface area contributed by atoms with Crippen LogP contribution in [0, 0.1) is 6.92 Å². The lowest BCUT2D eigenvalue weighted by Crippen LogP contribution is -2.27. The minimum absolute atomic E-state index is 0.0100. The van der Waals surface area contributed by atoms with Gasteiger partial charge in [0.2, 0.25) is 0 Å². The first-order valence-electron chi connectivity index (χ1n) is 8.00. The van der Waals surface area contributed by atoms with Crippen molar-refractivity contribution in [2.45, 2.75) is 26.7 Å². The largest absolute Gasteiger partial charge is 0.350 e. The Bertz CT molecular complexity index is 831. The molecule has 0 atom stereocenters. The number of amides is 1. The summed E-state index contributed by atoms with van der Waals surface area (Å²) in [4.78, 5) is 13.9. The Balaban J connectivity index is 1.82. The van der Waals surface area contributed by atoms with Gasteiger partial charge in [0.15, 0.2) is 0 Å². The molecule has 0 aliphatic carbocycles. The molecule has 1 aromatic carbocycles. The average molecular weight is 326 g/mol. The van der Waals surface area contributed by atoms with E-state index >= 15 is 0 Å². The van der Waals surface area contributed by atoms with E-state index in [4.69, 9.17) is 0 Å². The van der Waals surface area contributed by atoms with Crippen molar-refractivity contribution in [3.8, 4) is 0 Å². The fraction of sp³-hybridized carbons (Fsp3) is 0.316. The molecular weight excluding hydrogens is 304 g/mol. The highest BCUT2D eigenvalue weighted by molar-refractivity contribution is 7.09. The van der Waals surface area contributed by atoms with Gasteiger partial charge in [-0.05, 0) is 54.5 Å². The number of aromatic nitrogens is 1. The quantitative estimate of drug-likeness (QED) is 0.753. The Morgan fingerprint density at radius 1 is 1.30 bits per heavy atom. The normalized spacial score (nSPS) is 11.1. The molecule has 3 aromatic rings. The van der Waals surface area contributed by atoms with E-state index in [1.54, 1.807) is 11.3 Å². The monoisotopic (exact) mass is 326 g/mol. The van der Waals surface area contributed by atoms with E-state index in [0.717, 1.165) is 29.6 Å². The zero-order valence-electron chi connectivity index (χ0n) is 13.8. The predicted octanol–water partition coefficient (Wildman–Crippen LogP) is 4.08.